The van der Waals surface area contributed by atoms with Crippen molar-refractivity contribution in [1.29, 1.82) is 0 Å². The van der Waals surface area contributed by atoms with Crippen molar-refractivity contribution < 1.29 is 9.90 Å². The first kappa shape index (κ1) is 13.4. The van der Waals surface area contributed by atoms with Crippen molar-refractivity contribution in [2.45, 2.75) is 18.9 Å². The second-order valence-corrected chi connectivity index (χ2v) is 5.63. The molecule has 4 nitrogen and oxygen atoms in total. The number of nitrogens with zero attached hydrogens (tertiary/aromatic N) is 1. The number of carbonyl (C=O) groups is 1. The maximum Gasteiger partial charge on any atom is 0.255 e. The van der Waals surface area contributed by atoms with E-state index in [9.17, 15) is 9.90 Å². The van der Waals surface area contributed by atoms with E-state index in [0.717, 1.165) is 30.4 Å². The van der Waals surface area contributed by atoms with E-state index in [1.54, 1.807) is 12.1 Å². The van der Waals surface area contributed by atoms with Crippen LogP contribution in [0.15, 0.2) is 22.7 Å². The molecule has 1 fully saturated rings. The minimum atomic E-state index is -0.205. The predicted octanol–water partition coefficient (Wildman–Crippen LogP) is 1.98. The Hall–Kier alpha value is -1.07. The molecule has 2 rings (SSSR count). The van der Waals surface area contributed by atoms with E-state index < -0.39 is 0 Å². The molecule has 1 amide bonds. The van der Waals surface area contributed by atoms with E-state index in [2.05, 4.69) is 33.2 Å². The lowest BCUT2D eigenvalue weighted by Crippen LogP contribution is -2.43. The number of piperidine rings is 1. The van der Waals surface area contributed by atoms with Crippen LogP contribution in [0.1, 0.15) is 23.2 Å². The minimum Gasteiger partial charge on any atom is -0.507 e. The van der Waals surface area contributed by atoms with Crippen LogP contribution in [0.3, 0.4) is 0 Å². The van der Waals surface area contributed by atoms with Gasteiger partial charge in [0.05, 0.1) is 5.56 Å². The summed E-state index contributed by atoms with van der Waals surface area (Å²) in [7, 11) is 2.08. The van der Waals surface area contributed by atoms with Crippen molar-refractivity contribution in [1.82, 2.24) is 10.2 Å². The number of hydrogen-bond donors (Lipinski definition) is 2. The number of phenols is 1. The van der Waals surface area contributed by atoms with Crippen LogP contribution in [0, 0.1) is 0 Å². The lowest BCUT2D eigenvalue weighted by molar-refractivity contribution is 0.0914. The molecule has 1 aliphatic heterocycles. The largest absolute Gasteiger partial charge is 0.507 e. The number of rotatable bonds is 2. The number of amides is 1. The average Bonchev–Trinajstić information content (AvgIpc) is 2.35. The molecule has 18 heavy (non-hydrogen) atoms. The SMILES string of the molecule is CN1CCC(NC(=O)c2cc(Br)ccc2O)CC1. The van der Waals surface area contributed by atoms with E-state index >= 15 is 0 Å². The zero-order chi connectivity index (χ0) is 13.1. The fourth-order valence-corrected chi connectivity index (χ4v) is 2.47. The van der Waals surface area contributed by atoms with Gasteiger partial charge in [0.2, 0.25) is 0 Å². The summed E-state index contributed by atoms with van der Waals surface area (Å²) in [6, 6.07) is 5.07. The Kier molecular flexibility index (Phi) is 4.24. The van der Waals surface area contributed by atoms with E-state index in [-0.39, 0.29) is 17.7 Å². The second-order valence-electron chi connectivity index (χ2n) is 4.71. The van der Waals surface area contributed by atoms with Crippen molar-refractivity contribution in [2.75, 3.05) is 20.1 Å². The van der Waals surface area contributed by atoms with Crippen LogP contribution in [0.2, 0.25) is 0 Å². The Balaban J connectivity index is 2.01. The summed E-state index contributed by atoms with van der Waals surface area (Å²) in [5.41, 5.74) is 0.323. The molecule has 0 radical (unpaired) electrons. The van der Waals surface area contributed by atoms with Crippen LogP contribution in [-0.4, -0.2) is 42.1 Å². The number of phenolic OH excluding ortho intramolecular Hbond substituents is 1. The molecule has 0 saturated carbocycles. The molecule has 1 aromatic carbocycles. The molecule has 1 saturated heterocycles. The number of aromatic hydroxyl groups is 1. The van der Waals surface area contributed by atoms with Crippen molar-refractivity contribution in [2.24, 2.45) is 0 Å². The maximum atomic E-state index is 12.1. The van der Waals surface area contributed by atoms with E-state index in [1.807, 2.05) is 0 Å². The van der Waals surface area contributed by atoms with Crippen molar-refractivity contribution in [3.63, 3.8) is 0 Å². The molecule has 0 bridgehead atoms. The number of halogens is 1. The quantitative estimate of drug-likeness (QED) is 0.878. The first-order chi connectivity index (χ1) is 8.56. The summed E-state index contributed by atoms with van der Waals surface area (Å²) < 4.78 is 0.786. The molecule has 0 atom stereocenters. The van der Waals surface area contributed by atoms with Gasteiger partial charge in [-0.25, -0.2) is 0 Å². The van der Waals surface area contributed by atoms with E-state index in [0.29, 0.717) is 5.56 Å². The molecule has 5 heteroatoms. The fourth-order valence-electron chi connectivity index (χ4n) is 2.11. The molecule has 0 spiro atoms. The predicted molar refractivity (Wildman–Crippen MR) is 73.8 cm³/mol. The fraction of sp³-hybridized carbons (Fsp3) is 0.462. The van der Waals surface area contributed by atoms with Crippen LogP contribution in [-0.2, 0) is 0 Å². The van der Waals surface area contributed by atoms with Crippen LogP contribution < -0.4 is 5.32 Å². The topological polar surface area (TPSA) is 52.6 Å². The summed E-state index contributed by atoms with van der Waals surface area (Å²) in [6.45, 7) is 1.99. The highest BCUT2D eigenvalue weighted by molar-refractivity contribution is 9.10. The lowest BCUT2D eigenvalue weighted by Gasteiger charge is -2.29. The Labute approximate surface area is 115 Å². The zero-order valence-electron chi connectivity index (χ0n) is 10.3. The molecule has 0 aromatic heterocycles. The van der Waals surface area contributed by atoms with Gasteiger partial charge >= 0.3 is 0 Å². The lowest BCUT2D eigenvalue weighted by atomic mass is 10.0. The number of likely N-dealkylation sites (tertiary alicyclic amines) is 1. The Morgan fingerprint density at radius 1 is 1.44 bits per heavy atom. The molecular formula is C13H17BrN2O2. The van der Waals surface area contributed by atoms with Gasteiger partial charge in [0.15, 0.2) is 0 Å². The molecule has 0 aliphatic carbocycles. The molecule has 1 aromatic rings. The van der Waals surface area contributed by atoms with Gasteiger partial charge in [-0.1, -0.05) is 15.9 Å². The third-order valence-corrected chi connectivity index (χ3v) is 3.75. The molecular weight excluding hydrogens is 296 g/mol. The molecule has 0 unspecified atom stereocenters. The van der Waals surface area contributed by atoms with Gasteiger partial charge in [0, 0.05) is 10.5 Å². The number of hydrogen-bond acceptors (Lipinski definition) is 3. The summed E-state index contributed by atoms with van der Waals surface area (Å²) in [5.74, 6) is -0.188. The highest BCUT2D eigenvalue weighted by Crippen LogP contribution is 2.22. The second kappa shape index (κ2) is 5.71. The van der Waals surface area contributed by atoms with Crippen molar-refractivity contribution >= 4 is 21.8 Å². The van der Waals surface area contributed by atoms with Gasteiger partial charge in [0.25, 0.3) is 5.91 Å². The van der Waals surface area contributed by atoms with Gasteiger partial charge < -0.3 is 15.3 Å². The van der Waals surface area contributed by atoms with Crippen LogP contribution in [0.4, 0.5) is 0 Å². The summed E-state index contributed by atoms with van der Waals surface area (Å²) in [6.07, 6.45) is 1.91. The summed E-state index contributed by atoms with van der Waals surface area (Å²) >= 11 is 3.30. The average molecular weight is 313 g/mol. The van der Waals surface area contributed by atoms with Crippen LogP contribution >= 0.6 is 15.9 Å². The van der Waals surface area contributed by atoms with Gasteiger partial charge in [-0.05, 0) is 51.2 Å². The van der Waals surface area contributed by atoms with Gasteiger partial charge in [-0.3, -0.25) is 4.79 Å². The highest BCUT2D eigenvalue weighted by Gasteiger charge is 2.20. The number of benzene rings is 1. The Morgan fingerprint density at radius 2 is 2.11 bits per heavy atom. The standard InChI is InChI=1S/C13H17BrN2O2/c1-16-6-4-10(5-7-16)15-13(18)11-8-9(14)2-3-12(11)17/h2-3,8,10,17H,4-7H2,1H3,(H,15,18). The Morgan fingerprint density at radius 3 is 2.78 bits per heavy atom. The third kappa shape index (κ3) is 3.23. The van der Waals surface area contributed by atoms with Crippen LogP contribution in [0.25, 0.3) is 0 Å². The van der Waals surface area contributed by atoms with E-state index in [4.69, 9.17) is 0 Å². The molecule has 98 valence electrons. The van der Waals surface area contributed by atoms with Crippen LogP contribution in [0.5, 0.6) is 5.75 Å². The highest BCUT2D eigenvalue weighted by atomic mass is 79.9. The molecule has 1 heterocycles. The minimum absolute atomic E-state index is 0.0172. The monoisotopic (exact) mass is 312 g/mol. The third-order valence-electron chi connectivity index (χ3n) is 3.26. The first-order valence-electron chi connectivity index (χ1n) is 6.04. The number of nitrogens with one attached hydrogen (secondary N) is 1. The zero-order valence-corrected chi connectivity index (χ0v) is 11.9. The first-order valence-corrected chi connectivity index (χ1v) is 6.83. The van der Waals surface area contributed by atoms with E-state index in [1.165, 1.54) is 6.07 Å². The van der Waals surface area contributed by atoms with Gasteiger partial charge in [-0.15, -0.1) is 0 Å². The molecule has 1 aliphatic rings. The van der Waals surface area contributed by atoms with Gasteiger partial charge in [0.1, 0.15) is 5.75 Å². The van der Waals surface area contributed by atoms with Crippen molar-refractivity contribution in [3.05, 3.63) is 28.2 Å². The van der Waals surface area contributed by atoms with Gasteiger partial charge in [-0.2, -0.15) is 0 Å². The normalized spacial score (nSPS) is 17.7. The number of carbonyl (C=O) groups excluding carboxylic acids is 1. The summed E-state index contributed by atoms with van der Waals surface area (Å²) in [5, 5.41) is 12.7. The smallest absolute Gasteiger partial charge is 0.255 e. The summed E-state index contributed by atoms with van der Waals surface area (Å²) in [4.78, 5) is 14.3. The molecule has 2 N–H and O–H groups in total. The maximum absolute atomic E-state index is 12.1. The van der Waals surface area contributed by atoms with Crippen molar-refractivity contribution in [3.8, 4) is 5.75 Å². The Bertz CT molecular complexity index is 443.